The lowest BCUT2D eigenvalue weighted by atomic mass is 10.1. The van der Waals surface area contributed by atoms with Crippen molar-refractivity contribution in [3.8, 4) is 0 Å². The van der Waals surface area contributed by atoms with E-state index in [0.717, 1.165) is 17.8 Å². The van der Waals surface area contributed by atoms with Crippen molar-refractivity contribution in [1.29, 1.82) is 0 Å². The van der Waals surface area contributed by atoms with Gasteiger partial charge in [0.2, 0.25) is 5.13 Å². The highest BCUT2D eigenvalue weighted by Crippen LogP contribution is 2.36. The third kappa shape index (κ3) is 3.36. The molecule has 0 saturated heterocycles. The van der Waals surface area contributed by atoms with Crippen LogP contribution in [-0.4, -0.2) is 16.2 Å². The number of hydrogen-bond acceptors (Lipinski definition) is 4. The van der Waals surface area contributed by atoms with Crippen LogP contribution in [0.3, 0.4) is 0 Å². The molecule has 2 N–H and O–H groups in total. The Morgan fingerprint density at radius 3 is 2.71 bits per heavy atom. The number of hydrogen-bond donors (Lipinski definition) is 2. The molecular formula is C14H15FN4OS. The van der Waals surface area contributed by atoms with Gasteiger partial charge in [-0.15, -0.1) is 10.2 Å². The summed E-state index contributed by atoms with van der Waals surface area (Å²) < 4.78 is 13.4. The van der Waals surface area contributed by atoms with Crippen molar-refractivity contribution in [2.45, 2.75) is 31.6 Å². The number of benzene rings is 1. The standard InChI is InChI=1S/C14H15FN4OS/c15-10-7-3-4-8-11(10)16-13(20)17-14-19-18-12(21-14)9-5-1-2-6-9/h3-4,7-9H,1-2,5-6H2,(H2,16,17,19,20). The fourth-order valence-corrected chi connectivity index (χ4v) is 3.34. The van der Waals surface area contributed by atoms with E-state index in [1.165, 1.54) is 36.3 Å². The van der Waals surface area contributed by atoms with Gasteiger partial charge in [-0.1, -0.05) is 36.3 Å². The molecule has 2 amide bonds. The summed E-state index contributed by atoms with van der Waals surface area (Å²) in [7, 11) is 0. The summed E-state index contributed by atoms with van der Waals surface area (Å²) in [5.74, 6) is -0.00997. The number of amides is 2. The third-order valence-corrected chi connectivity index (χ3v) is 4.49. The molecular weight excluding hydrogens is 291 g/mol. The summed E-state index contributed by atoms with van der Waals surface area (Å²) in [5.41, 5.74) is 0.135. The number of anilines is 2. The van der Waals surface area contributed by atoms with Gasteiger partial charge in [0.1, 0.15) is 10.8 Å². The van der Waals surface area contributed by atoms with E-state index < -0.39 is 11.8 Å². The highest BCUT2D eigenvalue weighted by Gasteiger charge is 2.21. The number of nitrogens with one attached hydrogen (secondary N) is 2. The fraction of sp³-hybridized carbons (Fsp3) is 0.357. The number of nitrogens with zero attached hydrogens (tertiary/aromatic N) is 2. The maximum absolute atomic E-state index is 13.4. The van der Waals surface area contributed by atoms with Crippen molar-refractivity contribution in [3.63, 3.8) is 0 Å². The maximum Gasteiger partial charge on any atom is 0.325 e. The smallest absolute Gasteiger partial charge is 0.305 e. The van der Waals surface area contributed by atoms with E-state index >= 15 is 0 Å². The molecule has 3 rings (SSSR count). The minimum Gasteiger partial charge on any atom is -0.305 e. The molecule has 110 valence electrons. The number of urea groups is 1. The molecule has 0 aliphatic heterocycles. The van der Waals surface area contributed by atoms with Crippen LogP contribution in [0.2, 0.25) is 0 Å². The number of aromatic nitrogens is 2. The van der Waals surface area contributed by atoms with Gasteiger partial charge in [0.15, 0.2) is 0 Å². The van der Waals surface area contributed by atoms with Crippen LogP contribution in [0.4, 0.5) is 20.0 Å². The van der Waals surface area contributed by atoms with E-state index in [0.29, 0.717) is 11.0 Å². The van der Waals surface area contributed by atoms with Crippen LogP contribution in [0.25, 0.3) is 0 Å². The molecule has 7 heteroatoms. The topological polar surface area (TPSA) is 66.9 Å². The Hall–Kier alpha value is -2.02. The first-order valence-electron chi connectivity index (χ1n) is 6.88. The van der Waals surface area contributed by atoms with Gasteiger partial charge in [0, 0.05) is 5.92 Å². The molecule has 1 saturated carbocycles. The van der Waals surface area contributed by atoms with Crippen LogP contribution in [-0.2, 0) is 0 Å². The molecule has 1 aromatic heterocycles. The molecule has 1 aromatic carbocycles. The summed E-state index contributed by atoms with van der Waals surface area (Å²) in [5, 5.41) is 14.5. The molecule has 0 atom stereocenters. The van der Waals surface area contributed by atoms with E-state index in [4.69, 9.17) is 0 Å². The van der Waals surface area contributed by atoms with Crippen LogP contribution >= 0.6 is 11.3 Å². The number of halogens is 1. The number of carbonyl (C=O) groups is 1. The number of carbonyl (C=O) groups excluding carboxylic acids is 1. The van der Waals surface area contributed by atoms with Gasteiger partial charge in [-0.05, 0) is 25.0 Å². The molecule has 21 heavy (non-hydrogen) atoms. The first-order valence-corrected chi connectivity index (χ1v) is 7.70. The third-order valence-electron chi connectivity index (χ3n) is 3.49. The van der Waals surface area contributed by atoms with Gasteiger partial charge in [0.05, 0.1) is 5.69 Å². The normalized spacial score (nSPS) is 15.1. The average Bonchev–Trinajstić information content (AvgIpc) is 3.12. The second kappa shape index (κ2) is 6.17. The summed E-state index contributed by atoms with van der Waals surface area (Å²) in [6, 6.07) is 5.49. The summed E-state index contributed by atoms with van der Waals surface area (Å²) in [6.07, 6.45) is 4.72. The van der Waals surface area contributed by atoms with Crippen molar-refractivity contribution in [2.75, 3.05) is 10.6 Å². The number of para-hydroxylation sites is 1. The van der Waals surface area contributed by atoms with E-state index in [9.17, 15) is 9.18 Å². The van der Waals surface area contributed by atoms with Crippen molar-refractivity contribution in [3.05, 3.63) is 35.1 Å². The van der Waals surface area contributed by atoms with Crippen LogP contribution in [0.1, 0.15) is 36.6 Å². The Labute approximate surface area is 125 Å². The Kier molecular flexibility index (Phi) is 4.10. The maximum atomic E-state index is 13.4. The van der Waals surface area contributed by atoms with Crippen molar-refractivity contribution in [2.24, 2.45) is 0 Å². The number of rotatable bonds is 3. The monoisotopic (exact) mass is 306 g/mol. The summed E-state index contributed by atoms with van der Waals surface area (Å²) in [4.78, 5) is 11.8. The van der Waals surface area contributed by atoms with E-state index in [1.807, 2.05) is 0 Å². The van der Waals surface area contributed by atoms with Gasteiger partial charge in [-0.3, -0.25) is 5.32 Å². The minimum atomic E-state index is -0.519. The first kappa shape index (κ1) is 13.9. The fourth-order valence-electron chi connectivity index (χ4n) is 2.44. The van der Waals surface area contributed by atoms with Crippen molar-refractivity contribution < 1.29 is 9.18 Å². The zero-order chi connectivity index (χ0) is 14.7. The van der Waals surface area contributed by atoms with Crippen molar-refractivity contribution >= 4 is 28.2 Å². The lowest BCUT2D eigenvalue weighted by Crippen LogP contribution is -2.19. The molecule has 0 radical (unpaired) electrons. The SMILES string of the molecule is O=C(Nc1nnc(C2CCCC2)s1)Nc1ccccc1F. The van der Waals surface area contributed by atoms with Crippen LogP contribution in [0, 0.1) is 5.82 Å². The Morgan fingerprint density at radius 2 is 1.95 bits per heavy atom. The van der Waals surface area contributed by atoms with Gasteiger partial charge in [-0.2, -0.15) is 0 Å². The van der Waals surface area contributed by atoms with Gasteiger partial charge in [-0.25, -0.2) is 9.18 Å². The molecule has 1 heterocycles. The van der Waals surface area contributed by atoms with Gasteiger partial charge in [0.25, 0.3) is 0 Å². The van der Waals surface area contributed by atoms with Crippen molar-refractivity contribution in [1.82, 2.24) is 10.2 Å². The molecule has 2 aromatic rings. The molecule has 0 bridgehead atoms. The van der Waals surface area contributed by atoms with E-state index in [2.05, 4.69) is 20.8 Å². The summed E-state index contributed by atoms with van der Waals surface area (Å²) in [6.45, 7) is 0. The molecule has 5 nitrogen and oxygen atoms in total. The van der Waals surface area contributed by atoms with Gasteiger partial charge < -0.3 is 5.32 Å². The molecule has 0 unspecified atom stereocenters. The zero-order valence-corrected chi connectivity index (χ0v) is 12.1. The van der Waals surface area contributed by atoms with E-state index in [1.54, 1.807) is 12.1 Å². The van der Waals surface area contributed by atoms with Crippen LogP contribution in [0.15, 0.2) is 24.3 Å². The second-order valence-electron chi connectivity index (χ2n) is 4.99. The molecule has 0 spiro atoms. The Balaban J connectivity index is 1.61. The van der Waals surface area contributed by atoms with Crippen LogP contribution in [0.5, 0.6) is 0 Å². The molecule has 1 aliphatic carbocycles. The second-order valence-corrected chi connectivity index (χ2v) is 5.99. The highest BCUT2D eigenvalue weighted by molar-refractivity contribution is 7.15. The lowest BCUT2D eigenvalue weighted by Gasteiger charge is -2.05. The lowest BCUT2D eigenvalue weighted by molar-refractivity contribution is 0.262. The van der Waals surface area contributed by atoms with E-state index in [-0.39, 0.29) is 5.69 Å². The predicted molar refractivity (Wildman–Crippen MR) is 80.2 cm³/mol. The largest absolute Gasteiger partial charge is 0.325 e. The first-order chi connectivity index (χ1) is 10.2. The predicted octanol–water partition coefficient (Wildman–Crippen LogP) is 3.98. The Morgan fingerprint density at radius 1 is 1.19 bits per heavy atom. The Bertz CT molecular complexity index is 639. The average molecular weight is 306 g/mol. The summed E-state index contributed by atoms with van der Waals surface area (Å²) >= 11 is 1.39. The van der Waals surface area contributed by atoms with Crippen LogP contribution < -0.4 is 10.6 Å². The highest BCUT2D eigenvalue weighted by atomic mass is 32.1. The molecule has 1 aliphatic rings. The minimum absolute atomic E-state index is 0.135. The quantitative estimate of drug-likeness (QED) is 0.901. The van der Waals surface area contributed by atoms with Gasteiger partial charge >= 0.3 is 6.03 Å². The zero-order valence-electron chi connectivity index (χ0n) is 11.3. The molecule has 1 fully saturated rings.